The van der Waals surface area contributed by atoms with Crippen molar-refractivity contribution in [2.24, 2.45) is 0 Å². The van der Waals surface area contributed by atoms with E-state index in [1.807, 2.05) is 36.4 Å². The molecule has 3 aromatic rings. The highest BCUT2D eigenvalue weighted by molar-refractivity contribution is 6.01. The van der Waals surface area contributed by atoms with Crippen molar-refractivity contribution in [2.75, 3.05) is 20.3 Å². The van der Waals surface area contributed by atoms with Crippen LogP contribution in [-0.2, 0) is 0 Å². The third kappa shape index (κ3) is 4.11. The second-order valence-electron chi connectivity index (χ2n) is 5.79. The van der Waals surface area contributed by atoms with Gasteiger partial charge in [-0.25, -0.2) is 4.39 Å². The highest BCUT2D eigenvalue weighted by Crippen LogP contribution is 2.25. The number of benzene rings is 3. The Bertz CT molecular complexity index is 911. The molecule has 134 valence electrons. The van der Waals surface area contributed by atoms with E-state index in [0.717, 1.165) is 10.8 Å². The number of nitrogens with one attached hydrogen (secondary N) is 1. The van der Waals surface area contributed by atoms with Crippen LogP contribution in [0.25, 0.3) is 10.8 Å². The molecule has 0 saturated carbocycles. The van der Waals surface area contributed by atoms with Crippen LogP contribution in [0.15, 0.2) is 60.7 Å². The van der Waals surface area contributed by atoms with E-state index in [2.05, 4.69) is 5.32 Å². The van der Waals surface area contributed by atoms with E-state index in [1.54, 1.807) is 25.3 Å². The highest BCUT2D eigenvalue weighted by Gasteiger charge is 2.13. The second-order valence-corrected chi connectivity index (χ2v) is 5.79. The zero-order valence-corrected chi connectivity index (χ0v) is 14.5. The van der Waals surface area contributed by atoms with Crippen LogP contribution < -0.4 is 14.8 Å². The number of hydrogen-bond donors (Lipinski definition) is 1. The molecule has 5 heteroatoms. The lowest BCUT2D eigenvalue weighted by Gasteiger charge is -2.11. The number of methoxy groups -OCH3 is 1. The summed E-state index contributed by atoms with van der Waals surface area (Å²) in [7, 11) is 1.54. The van der Waals surface area contributed by atoms with Crippen LogP contribution >= 0.6 is 0 Å². The number of fused-ring (bicyclic) bond motifs is 1. The molecule has 0 bridgehead atoms. The Morgan fingerprint density at radius 1 is 1.00 bits per heavy atom. The fraction of sp³-hybridized carbons (Fsp3) is 0.190. The van der Waals surface area contributed by atoms with E-state index in [-0.39, 0.29) is 11.7 Å². The Morgan fingerprint density at radius 2 is 1.69 bits per heavy atom. The van der Waals surface area contributed by atoms with Crippen molar-refractivity contribution in [3.8, 4) is 11.5 Å². The molecule has 0 aliphatic heterocycles. The predicted molar refractivity (Wildman–Crippen MR) is 99.3 cm³/mol. The summed E-state index contributed by atoms with van der Waals surface area (Å²) >= 11 is 0. The largest absolute Gasteiger partial charge is 0.496 e. The molecule has 0 spiro atoms. The molecule has 0 aliphatic carbocycles. The first-order chi connectivity index (χ1) is 12.7. The minimum absolute atomic E-state index is 0.210. The van der Waals surface area contributed by atoms with Crippen molar-refractivity contribution in [1.29, 1.82) is 0 Å². The lowest BCUT2D eigenvalue weighted by molar-refractivity contribution is 0.0948. The summed E-state index contributed by atoms with van der Waals surface area (Å²) in [6.07, 6.45) is 0.565. The van der Waals surface area contributed by atoms with Crippen LogP contribution in [0.2, 0.25) is 0 Å². The first-order valence-electron chi connectivity index (χ1n) is 8.41. The maximum atomic E-state index is 13.5. The smallest absolute Gasteiger partial charge is 0.255 e. The number of ether oxygens (including phenoxy) is 2. The zero-order chi connectivity index (χ0) is 18.4. The number of rotatable bonds is 7. The molecule has 1 amide bonds. The molecule has 0 fully saturated rings. The SMILES string of the molecule is COc1cc2ccccc2cc1C(=O)NCCCOc1ccccc1F. The minimum Gasteiger partial charge on any atom is -0.496 e. The van der Waals surface area contributed by atoms with E-state index >= 15 is 0 Å². The van der Waals surface area contributed by atoms with Gasteiger partial charge in [-0.3, -0.25) is 4.79 Å². The molecule has 0 atom stereocenters. The van der Waals surface area contributed by atoms with Crippen LogP contribution in [0.5, 0.6) is 11.5 Å². The Balaban J connectivity index is 1.56. The van der Waals surface area contributed by atoms with Crippen molar-refractivity contribution in [2.45, 2.75) is 6.42 Å². The van der Waals surface area contributed by atoms with Crippen LogP contribution in [0.4, 0.5) is 4.39 Å². The average Bonchev–Trinajstić information content (AvgIpc) is 2.67. The first-order valence-corrected chi connectivity index (χ1v) is 8.41. The average molecular weight is 353 g/mol. The Morgan fingerprint density at radius 3 is 2.42 bits per heavy atom. The van der Waals surface area contributed by atoms with E-state index < -0.39 is 5.82 Å². The van der Waals surface area contributed by atoms with Gasteiger partial charge in [-0.1, -0.05) is 36.4 Å². The maximum absolute atomic E-state index is 13.5. The molecule has 0 radical (unpaired) electrons. The highest BCUT2D eigenvalue weighted by atomic mass is 19.1. The Hall–Kier alpha value is -3.08. The summed E-state index contributed by atoms with van der Waals surface area (Å²) in [6.45, 7) is 0.735. The molecule has 1 N–H and O–H groups in total. The summed E-state index contributed by atoms with van der Waals surface area (Å²) < 4.78 is 24.2. The van der Waals surface area contributed by atoms with E-state index in [0.29, 0.717) is 30.9 Å². The second kappa shape index (κ2) is 8.34. The summed E-state index contributed by atoms with van der Waals surface area (Å²) in [6, 6.07) is 17.7. The number of hydrogen-bond acceptors (Lipinski definition) is 3. The van der Waals surface area contributed by atoms with Crippen molar-refractivity contribution >= 4 is 16.7 Å². The summed E-state index contributed by atoms with van der Waals surface area (Å²) in [5.41, 5.74) is 0.487. The van der Waals surface area contributed by atoms with Gasteiger partial charge in [0.2, 0.25) is 0 Å². The van der Waals surface area contributed by atoms with Crippen LogP contribution in [0.1, 0.15) is 16.8 Å². The lowest BCUT2D eigenvalue weighted by Crippen LogP contribution is -2.26. The summed E-state index contributed by atoms with van der Waals surface area (Å²) in [4.78, 5) is 12.5. The monoisotopic (exact) mass is 353 g/mol. The van der Waals surface area contributed by atoms with Gasteiger partial charge in [0, 0.05) is 6.54 Å². The number of carbonyl (C=O) groups excluding carboxylic acids is 1. The molecule has 0 heterocycles. The molecule has 3 aromatic carbocycles. The number of carbonyl (C=O) groups is 1. The molecule has 4 nitrogen and oxygen atoms in total. The van der Waals surface area contributed by atoms with Crippen molar-refractivity contribution in [3.63, 3.8) is 0 Å². The number of para-hydroxylation sites is 1. The fourth-order valence-electron chi connectivity index (χ4n) is 2.68. The van der Waals surface area contributed by atoms with Gasteiger partial charge in [0.05, 0.1) is 19.3 Å². The normalized spacial score (nSPS) is 10.5. The van der Waals surface area contributed by atoms with Gasteiger partial charge in [-0.05, 0) is 41.5 Å². The number of halogens is 1. The van der Waals surface area contributed by atoms with Crippen molar-refractivity contribution < 1.29 is 18.7 Å². The van der Waals surface area contributed by atoms with Gasteiger partial charge in [0.1, 0.15) is 5.75 Å². The third-order valence-electron chi connectivity index (χ3n) is 4.01. The molecule has 0 unspecified atom stereocenters. The van der Waals surface area contributed by atoms with Crippen molar-refractivity contribution in [3.05, 3.63) is 72.0 Å². The summed E-state index contributed by atoms with van der Waals surface area (Å²) in [5.74, 6) is 0.148. The third-order valence-corrected chi connectivity index (χ3v) is 4.01. The first kappa shape index (κ1) is 17.7. The molecular formula is C21H20FNO3. The van der Waals surface area contributed by atoms with Crippen LogP contribution in [0.3, 0.4) is 0 Å². The van der Waals surface area contributed by atoms with Gasteiger partial charge in [0.15, 0.2) is 11.6 Å². The van der Waals surface area contributed by atoms with Gasteiger partial charge in [0.25, 0.3) is 5.91 Å². The fourth-order valence-corrected chi connectivity index (χ4v) is 2.68. The molecule has 26 heavy (non-hydrogen) atoms. The Labute approximate surface area is 151 Å². The maximum Gasteiger partial charge on any atom is 0.255 e. The van der Waals surface area contributed by atoms with E-state index in [1.165, 1.54) is 6.07 Å². The molecule has 3 rings (SSSR count). The molecular weight excluding hydrogens is 333 g/mol. The van der Waals surface area contributed by atoms with Gasteiger partial charge < -0.3 is 14.8 Å². The quantitative estimate of drug-likeness (QED) is 0.648. The van der Waals surface area contributed by atoms with Crippen LogP contribution in [0, 0.1) is 5.82 Å². The molecule has 0 saturated heterocycles. The van der Waals surface area contributed by atoms with Crippen molar-refractivity contribution in [1.82, 2.24) is 5.32 Å². The summed E-state index contributed by atoms with van der Waals surface area (Å²) in [5, 5.41) is 4.83. The minimum atomic E-state index is -0.391. The van der Waals surface area contributed by atoms with Crippen LogP contribution in [-0.4, -0.2) is 26.2 Å². The van der Waals surface area contributed by atoms with Gasteiger partial charge >= 0.3 is 0 Å². The van der Waals surface area contributed by atoms with E-state index in [4.69, 9.17) is 9.47 Å². The van der Waals surface area contributed by atoms with E-state index in [9.17, 15) is 9.18 Å². The van der Waals surface area contributed by atoms with Gasteiger partial charge in [-0.15, -0.1) is 0 Å². The predicted octanol–water partition coefficient (Wildman–Crippen LogP) is 4.19. The molecule has 0 aromatic heterocycles. The Kier molecular flexibility index (Phi) is 5.69. The molecule has 0 aliphatic rings. The number of amides is 1. The van der Waals surface area contributed by atoms with Gasteiger partial charge in [-0.2, -0.15) is 0 Å². The topological polar surface area (TPSA) is 47.6 Å². The standard InChI is InChI=1S/C21H20FNO3/c1-25-20-14-16-8-3-2-7-15(16)13-17(20)21(24)23-11-6-12-26-19-10-5-4-9-18(19)22/h2-5,7-10,13-14H,6,11-12H2,1H3,(H,23,24). The lowest BCUT2D eigenvalue weighted by atomic mass is 10.1. The zero-order valence-electron chi connectivity index (χ0n) is 14.5.